The topological polar surface area (TPSA) is 55.1 Å². The Balaban J connectivity index is 0.00000200. The molecule has 1 saturated carbocycles. The first kappa shape index (κ1) is 17.0. The number of amides is 1. The lowest BCUT2D eigenvalue weighted by Crippen LogP contribution is -2.52. The lowest BCUT2D eigenvalue weighted by molar-refractivity contribution is -0.124. The van der Waals surface area contributed by atoms with Gasteiger partial charge in [0.05, 0.1) is 11.5 Å². The van der Waals surface area contributed by atoms with Crippen LogP contribution in [-0.4, -0.2) is 18.0 Å². The van der Waals surface area contributed by atoms with Crippen LogP contribution in [0.25, 0.3) is 0 Å². The molecule has 0 radical (unpaired) electrons. The summed E-state index contributed by atoms with van der Waals surface area (Å²) < 4.78 is 0. The first-order chi connectivity index (χ1) is 9.21. The predicted molar refractivity (Wildman–Crippen MR) is 85.1 cm³/mol. The van der Waals surface area contributed by atoms with E-state index in [1.807, 2.05) is 30.3 Å². The van der Waals surface area contributed by atoms with Gasteiger partial charge < -0.3 is 11.1 Å². The first-order valence-electron chi connectivity index (χ1n) is 7.28. The second-order valence-corrected chi connectivity index (χ2v) is 5.55. The van der Waals surface area contributed by atoms with Crippen LogP contribution < -0.4 is 11.1 Å². The molecular formula is C16H25ClN2O. The molecule has 0 aliphatic heterocycles. The third-order valence-electron chi connectivity index (χ3n) is 4.27. The van der Waals surface area contributed by atoms with Crippen LogP contribution in [0, 0.1) is 0 Å². The van der Waals surface area contributed by atoms with Gasteiger partial charge in [-0.2, -0.15) is 0 Å². The molecule has 1 amide bonds. The highest BCUT2D eigenvalue weighted by Crippen LogP contribution is 2.30. The van der Waals surface area contributed by atoms with Crippen molar-refractivity contribution in [1.82, 2.24) is 5.32 Å². The van der Waals surface area contributed by atoms with Crippen LogP contribution in [0.5, 0.6) is 0 Å². The lowest BCUT2D eigenvalue weighted by Gasteiger charge is -2.30. The van der Waals surface area contributed by atoms with Gasteiger partial charge in [-0.25, -0.2) is 0 Å². The number of nitrogens with two attached hydrogens (primary N) is 1. The van der Waals surface area contributed by atoms with Crippen molar-refractivity contribution < 1.29 is 4.79 Å². The number of rotatable bonds is 5. The molecule has 1 aliphatic rings. The van der Waals surface area contributed by atoms with E-state index in [-0.39, 0.29) is 29.8 Å². The summed E-state index contributed by atoms with van der Waals surface area (Å²) in [5, 5.41) is 3.23. The summed E-state index contributed by atoms with van der Waals surface area (Å²) in [4.78, 5) is 12.5. The van der Waals surface area contributed by atoms with Crippen LogP contribution >= 0.6 is 12.4 Å². The molecule has 0 aromatic heterocycles. The van der Waals surface area contributed by atoms with E-state index in [1.165, 1.54) is 12.8 Å². The molecule has 1 aliphatic carbocycles. The number of halogens is 1. The van der Waals surface area contributed by atoms with Gasteiger partial charge in [0.1, 0.15) is 0 Å². The van der Waals surface area contributed by atoms with Gasteiger partial charge in [-0.15, -0.1) is 12.4 Å². The molecule has 1 unspecified atom stereocenters. The molecule has 2 rings (SSSR count). The van der Waals surface area contributed by atoms with Gasteiger partial charge in [0.2, 0.25) is 5.91 Å². The fourth-order valence-electron chi connectivity index (χ4n) is 3.04. The van der Waals surface area contributed by atoms with Crippen molar-refractivity contribution in [2.24, 2.45) is 5.73 Å². The number of carbonyl (C=O) groups is 1. The highest BCUT2D eigenvalue weighted by atomic mass is 35.5. The zero-order valence-electron chi connectivity index (χ0n) is 12.1. The van der Waals surface area contributed by atoms with E-state index in [1.54, 1.807) is 0 Å². The van der Waals surface area contributed by atoms with Crippen molar-refractivity contribution in [2.75, 3.05) is 6.54 Å². The van der Waals surface area contributed by atoms with Crippen LogP contribution in [0.4, 0.5) is 0 Å². The van der Waals surface area contributed by atoms with Gasteiger partial charge in [0.15, 0.2) is 0 Å². The van der Waals surface area contributed by atoms with Crippen molar-refractivity contribution >= 4 is 18.3 Å². The molecule has 1 aromatic carbocycles. The average Bonchev–Trinajstić information content (AvgIpc) is 2.90. The van der Waals surface area contributed by atoms with Crippen molar-refractivity contribution in [3.05, 3.63) is 35.9 Å². The molecule has 112 valence electrons. The zero-order chi connectivity index (χ0) is 13.7. The summed E-state index contributed by atoms with van der Waals surface area (Å²) >= 11 is 0. The van der Waals surface area contributed by atoms with Crippen molar-refractivity contribution in [3.8, 4) is 0 Å². The van der Waals surface area contributed by atoms with Gasteiger partial charge in [-0.1, -0.05) is 50.1 Å². The van der Waals surface area contributed by atoms with Crippen LogP contribution in [0.3, 0.4) is 0 Å². The standard InChI is InChI=1S/C16H24N2O.ClH/c1-2-14(13-8-4-3-5-9-13)15(19)18-16(12-17)10-6-7-11-16;/h3-5,8-9,14H,2,6-7,10-12,17H2,1H3,(H,18,19);1H. The zero-order valence-corrected chi connectivity index (χ0v) is 12.9. The monoisotopic (exact) mass is 296 g/mol. The van der Waals surface area contributed by atoms with Crippen molar-refractivity contribution in [1.29, 1.82) is 0 Å². The average molecular weight is 297 g/mol. The maximum atomic E-state index is 12.5. The molecule has 0 heterocycles. The summed E-state index contributed by atoms with van der Waals surface area (Å²) in [6, 6.07) is 10.0. The Morgan fingerprint density at radius 1 is 1.30 bits per heavy atom. The summed E-state index contributed by atoms with van der Waals surface area (Å²) in [6.45, 7) is 2.60. The molecule has 1 aromatic rings. The predicted octanol–water partition coefficient (Wildman–Crippen LogP) is 2.99. The van der Waals surface area contributed by atoms with Gasteiger partial charge in [-0.3, -0.25) is 4.79 Å². The minimum absolute atomic E-state index is 0. The van der Waals surface area contributed by atoms with E-state index in [2.05, 4.69) is 12.2 Å². The molecule has 3 nitrogen and oxygen atoms in total. The molecular weight excluding hydrogens is 272 g/mol. The van der Waals surface area contributed by atoms with Gasteiger partial charge in [-0.05, 0) is 24.8 Å². The largest absolute Gasteiger partial charge is 0.349 e. The van der Waals surface area contributed by atoms with Crippen LogP contribution in [0.2, 0.25) is 0 Å². The number of carbonyl (C=O) groups excluding carboxylic acids is 1. The Labute approximate surface area is 127 Å². The minimum Gasteiger partial charge on any atom is -0.349 e. The third-order valence-corrected chi connectivity index (χ3v) is 4.27. The van der Waals surface area contributed by atoms with E-state index >= 15 is 0 Å². The van der Waals surface area contributed by atoms with Crippen molar-refractivity contribution in [2.45, 2.75) is 50.5 Å². The quantitative estimate of drug-likeness (QED) is 0.877. The maximum Gasteiger partial charge on any atom is 0.228 e. The highest BCUT2D eigenvalue weighted by molar-refractivity contribution is 5.85. The summed E-state index contributed by atoms with van der Waals surface area (Å²) in [7, 11) is 0. The molecule has 20 heavy (non-hydrogen) atoms. The SMILES string of the molecule is CCC(C(=O)NC1(CN)CCCC1)c1ccccc1.Cl. The van der Waals surface area contributed by atoms with Crippen LogP contribution in [-0.2, 0) is 4.79 Å². The number of hydrogen-bond acceptors (Lipinski definition) is 2. The van der Waals surface area contributed by atoms with Crippen LogP contribution in [0.15, 0.2) is 30.3 Å². The Morgan fingerprint density at radius 2 is 1.90 bits per heavy atom. The van der Waals surface area contributed by atoms with E-state index in [0.29, 0.717) is 6.54 Å². The Morgan fingerprint density at radius 3 is 2.40 bits per heavy atom. The Bertz CT molecular complexity index is 416. The molecule has 0 saturated heterocycles. The van der Waals surface area contributed by atoms with Crippen LogP contribution in [0.1, 0.15) is 50.5 Å². The van der Waals surface area contributed by atoms with Gasteiger partial charge in [0.25, 0.3) is 0 Å². The van der Waals surface area contributed by atoms with E-state index < -0.39 is 0 Å². The molecule has 0 spiro atoms. The van der Waals surface area contributed by atoms with E-state index in [4.69, 9.17) is 5.73 Å². The fraction of sp³-hybridized carbons (Fsp3) is 0.562. The van der Waals surface area contributed by atoms with Gasteiger partial charge in [0, 0.05) is 6.54 Å². The fourth-order valence-corrected chi connectivity index (χ4v) is 3.04. The second kappa shape index (κ2) is 7.65. The summed E-state index contributed by atoms with van der Waals surface area (Å²) in [5.41, 5.74) is 6.82. The third kappa shape index (κ3) is 3.74. The molecule has 1 atom stereocenters. The van der Waals surface area contributed by atoms with E-state index in [9.17, 15) is 4.79 Å². The van der Waals surface area contributed by atoms with E-state index in [0.717, 1.165) is 24.8 Å². The maximum absolute atomic E-state index is 12.5. The van der Waals surface area contributed by atoms with Crippen molar-refractivity contribution in [3.63, 3.8) is 0 Å². The second-order valence-electron chi connectivity index (χ2n) is 5.55. The minimum atomic E-state index is -0.153. The summed E-state index contributed by atoms with van der Waals surface area (Å²) in [5.74, 6) is 0.0614. The lowest BCUT2D eigenvalue weighted by atomic mass is 9.92. The Hall–Kier alpha value is -1.06. The Kier molecular flexibility index (Phi) is 6.50. The molecule has 0 bridgehead atoms. The first-order valence-corrected chi connectivity index (χ1v) is 7.28. The summed E-state index contributed by atoms with van der Waals surface area (Å²) in [6.07, 6.45) is 5.18. The highest BCUT2D eigenvalue weighted by Gasteiger charge is 2.35. The normalized spacial score (nSPS) is 18.1. The number of hydrogen-bond donors (Lipinski definition) is 2. The van der Waals surface area contributed by atoms with Gasteiger partial charge >= 0.3 is 0 Å². The number of benzene rings is 1. The molecule has 4 heteroatoms. The molecule has 1 fully saturated rings. The molecule has 3 N–H and O–H groups in total. The smallest absolute Gasteiger partial charge is 0.228 e. The number of nitrogens with one attached hydrogen (secondary N) is 1.